The average molecular weight is 924 g/mol. The molecule has 2 aromatic carbocycles. The van der Waals surface area contributed by atoms with Gasteiger partial charge in [0.25, 0.3) is 0 Å². The van der Waals surface area contributed by atoms with E-state index in [9.17, 15) is 32.7 Å². The lowest BCUT2D eigenvalue weighted by Crippen LogP contribution is -2.65. The van der Waals surface area contributed by atoms with Crippen molar-refractivity contribution >= 4 is 40.8 Å². The van der Waals surface area contributed by atoms with Crippen LogP contribution in [0.1, 0.15) is 118 Å². The quantitative estimate of drug-likeness (QED) is 0.0530. The van der Waals surface area contributed by atoms with Gasteiger partial charge in [-0.15, -0.1) is 0 Å². The van der Waals surface area contributed by atoms with Gasteiger partial charge in [-0.25, -0.2) is 8.42 Å². The van der Waals surface area contributed by atoms with Crippen LogP contribution in [-0.4, -0.2) is 105 Å². The van der Waals surface area contributed by atoms with Crippen molar-refractivity contribution in [1.29, 1.82) is 0 Å². The third kappa shape index (κ3) is 12.8. The highest BCUT2D eigenvalue weighted by atomic mass is 32.2. The fourth-order valence-electron chi connectivity index (χ4n) is 9.66. The van der Waals surface area contributed by atoms with Gasteiger partial charge in [-0.1, -0.05) is 70.0 Å². The molecule has 18 heteroatoms. The molecule has 1 saturated heterocycles. The molecule has 0 radical (unpaired) electrons. The number of aryl methyl sites for hydroxylation is 1. The molecular formula is C47H74BN7O9S. The minimum atomic E-state index is -4.23. The number of aliphatic hydroxyl groups is 1. The van der Waals surface area contributed by atoms with Crippen LogP contribution in [0.15, 0.2) is 53.4 Å². The van der Waals surface area contributed by atoms with E-state index in [1.807, 2.05) is 19.1 Å². The summed E-state index contributed by atoms with van der Waals surface area (Å²) in [4.78, 5) is 54.7. The Morgan fingerprint density at radius 3 is 1.92 bits per heavy atom. The van der Waals surface area contributed by atoms with Crippen molar-refractivity contribution in [3.63, 3.8) is 0 Å². The van der Waals surface area contributed by atoms with Crippen LogP contribution in [-0.2, 0) is 44.9 Å². The zero-order valence-electron chi connectivity index (χ0n) is 39.4. The molecule has 4 aliphatic rings. The van der Waals surface area contributed by atoms with Crippen LogP contribution in [0.2, 0.25) is 0 Å². The number of amides is 4. The minimum Gasteiger partial charge on any atom is -0.404 e. The number of sulfonamides is 1. The smallest absolute Gasteiger partial charge is 0.404 e. The number of carbonyl (C=O) groups excluding carboxylic acids is 4. The number of rotatable bonds is 25. The Balaban J connectivity index is 1.19. The molecule has 3 aliphatic carbocycles. The highest BCUT2D eigenvalue weighted by molar-refractivity contribution is 7.89. The van der Waals surface area contributed by atoms with Crippen molar-refractivity contribution in [2.45, 2.75) is 172 Å². The predicted octanol–water partition coefficient (Wildman–Crippen LogP) is 3.23. The van der Waals surface area contributed by atoms with E-state index in [0.29, 0.717) is 50.6 Å². The first-order valence-corrected chi connectivity index (χ1v) is 25.1. The van der Waals surface area contributed by atoms with Crippen LogP contribution in [0.25, 0.3) is 11.1 Å². The van der Waals surface area contributed by atoms with Gasteiger partial charge < -0.3 is 47.1 Å². The van der Waals surface area contributed by atoms with Gasteiger partial charge in [-0.05, 0) is 145 Å². The van der Waals surface area contributed by atoms with Crippen molar-refractivity contribution < 1.29 is 42.0 Å². The molecule has 3 saturated carbocycles. The summed E-state index contributed by atoms with van der Waals surface area (Å²) in [5.41, 5.74) is 14.1. The number of nitrogens with two attached hydrogens (primary N) is 2. The van der Waals surface area contributed by atoms with Crippen LogP contribution in [0.3, 0.4) is 0 Å². The van der Waals surface area contributed by atoms with Gasteiger partial charge in [0.15, 0.2) is 0 Å². The number of unbranched alkanes of at least 4 members (excludes halogenated alkanes) is 3. The second-order valence-corrected chi connectivity index (χ2v) is 20.9. The average Bonchev–Trinajstić information content (AvgIpc) is 3.64. The molecule has 0 aromatic heterocycles. The van der Waals surface area contributed by atoms with Crippen LogP contribution >= 0.6 is 0 Å². The highest BCUT2D eigenvalue weighted by Crippen LogP contribution is 2.65. The lowest BCUT2D eigenvalue weighted by Gasteiger charge is -2.64. The van der Waals surface area contributed by atoms with Crippen LogP contribution < -0.4 is 37.5 Å². The molecular weight excluding hydrogens is 849 g/mol. The third-order valence-electron chi connectivity index (χ3n) is 14.0. The molecule has 1 aliphatic heterocycles. The van der Waals surface area contributed by atoms with Crippen molar-refractivity contribution in [2.75, 3.05) is 13.1 Å². The number of benzene rings is 2. The van der Waals surface area contributed by atoms with Gasteiger partial charge in [0, 0.05) is 0 Å². The van der Waals surface area contributed by atoms with Crippen LogP contribution in [0.5, 0.6) is 0 Å². The molecule has 0 unspecified atom stereocenters. The molecule has 6 rings (SSSR count). The lowest BCUT2D eigenvalue weighted by atomic mass is 9.43. The van der Waals surface area contributed by atoms with Gasteiger partial charge in [0.2, 0.25) is 33.7 Å². The fraction of sp³-hybridized carbons (Fsp3) is 0.660. The topological polar surface area (TPSA) is 253 Å². The number of carbonyl (C=O) groups is 4. The fourth-order valence-corrected chi connectivity index (χ4v) is 10.9. The van der Waals surface area contributed by atoms with E-state index in [4.69, 9.17) is 20.8 Å². The Bertz CT molecular complexity index is 2040. The zero-order valence-corrected chi connectivity index (χ0v) is 40.2. The monoisotopic (exact) mass is 924 g/mol. The summed E-state index contributed by atoms with van der Waals surface area (Å²) in [6.45, 7) is 14.0. The number of nitrogens with one attached hydrogen (secondary N) is 5. The van der Waals surface area contributed by atoms with Gasteiger partial charge in [0.1, 0.15) is 24.2 Å². The Hall–Kier alpha value is -3.91. The van der Waals surface area contributed by atoms with E-state index >= 15 is 0 Å². The van der Waals surface area contributed by atoms with E-state index in [-0.39, 0.29) is 29.3 Å². The van der Waals surface area contributed by atoms with Gasteiger partial charge in [-0.2, -0.15) is 4.72 Å². The summed E-state index contributed by atoms with van der Waals surface area (Å²) >= 11 is 0. The first-order chi connectivity index (χ1) is 30.7. The van der Waals surface area contributed by atoms with Gasteiger partial charge in [0.05, 0.1) is 28.6 Å². The summed E-state index contributed by atoms with van der Waals surface area (Å²) < 4.78 is 42.7. The number of hydrogen-bond acceptors (Lipinski definition) is 11. The predicted molar refractivity (Wildman–Crippen MR) is 251 cm³/mol. The van der Waals surface area contributed by atoms with Gasteiger partial charge >= 0.3 is 7.12 Å². The molecule has 2 bridgehead atoms. The molecule has 2 aromatic rings. The van der Waals surface area contributed by atoms with E-state index in [0.717, 1.165) is 43.2 Å². The zero-order chi connectivity index (χ0) is 47.7. The standard InChI is InChI=1S/C47H74BN7O9S/c1-8-9-14-32-17-19-33(20-18-32)34-21-23-36(24-22-34)65(61,62)55-38(16-11-13-26-50)44(59)54-41(30(3)56)45(60)51-29(2)42(57)53-37(15-10-12-25-49)43(58)52-31(4)48-63-40-28-35-27-39(46(35,5)6)47(40,7)64-48/h17-24,29-31,35,37-41,55-56H,8-16,25-28,49-50H2,1-7H3,(H,51,60)(H,52,58)(H,53,57)(H,54,59)/t29-,30+,31-,35-,37-,38-,39-,40+,41-,47-/m0/s1. The lowest BCUT2D eigenvalue weighted by molar-refractivity contribution is -0.199. The minimum absolute atomic E-state index is 0.0563. The Morgan fingerprint density at radius 1 is 0.769 bits per heavy atom. The molecule has 1 heterocycles. The second kappa shape index (κ2) is 22.7. The third-order valence-corrected chi connectivity index (χ3v) is 15.5. The molecule has 65 heavy (non-hydrogen) atoms. The maximum absolute atomic E-state index is 13.8. The van der Waals surface area contributed by atoms with Gasteiger partial charge in [-0.3, -0.25) is 19.2 Å². The summed E-state index contributed by atoms with van der Waals surface area (Å²) in [5, 5.41) is 21.4. The largest absolute Gasteiger partial charge is 0.481 e. The summed E-state index contributed by atoms with van der Waals surface area (Å²) in [5.74, 6) is -2.47. The molecule has 0 spiro atoms. The summed E-state index contributed by atoms with van der Waals surface area (Å²) in [7, 11) is -4.89. The maximum atomic E-state index is 13.8. The van der Waals surface area contributed by atoms with E-state index in [1.54, 1.807) is 12.1 Å². The molecule has 360 valence electrons. The Morgan fingerprint density at radius 2 is 1.35 bits per heavy atom. The molecule has 10 N–H and O–H groups in total. The number of hydrogen-bond donors (Lipinski definition) is 8. The van der Waals surface area contributed by atoms with E-state index in [1.165, 1.54) is 31.5 Å². The molecule has 4 amide bonds. The Kier molecular flexibility index (Phi) is 18.2. The summed E-state index contributed by atoms with van der Waals surface area (Å²) in [6.07, 6.45) is 6.08. The van der Waals surface area contributed by atoms with E-state index < -0.39 is 82.6 Å². The highest BCUT2D eigenvalue weighted by Gasteiger charge is 2.68. The first-order valence-electron chi connectivity index (χ1n) is 23.6. The van der Waals surface area contributed by atoms with Crippen LogP contribution in [0, 0.1) is 17.3 Å². The molecule has 10 atom stereocenters. The van der Waals surface area contributed by atoms with Crippen molar-refractivity contribution in [3.05, 3.63) is 54.1 Å². The van der Waals surface area contributed by atoms with Crippen molar-refractivity contribution in [1.82, 2.24) is 26.0 Å². The SMILES string of the molecule is CCCCc1ccc(-c2ccc(S(=O)(=O)N[C@@H](CCCCN)C(=O)N[C@H](C(=O)N[C@@H](C)C(=O)N[C@@H](CCCCN)C(=O)N[C@@H](C)B3O[C@@H]4C[C@@H]5C[C@@H](C5(C)C)[C@]4(C)O3)[C@@H](C)O)cc2)cc1. The van der Waals surface area contributed by atoms with E-state index in [2.05, 4.69) is 65.8 Å². The first kappa shape index (κ1) is 52.1. The molecule has 16 nitrogen and oxygen atoms in total. The number of aliphatic hydroxyl groups excluding tert-OH is 1. The Labute approximate surface area is 386 Å². The normalized spacial score (nSPS) is 23.7. The maximum Gasteiger partial charge on any atom is 0.481 e. The second-order valence-electron chi connectivity index (χ2n) is 19.2. The molecule has 4 fully saturated rings. The van der Waals surface area contributed by atoms with Crippen LogP contribution in [0.4, 0.5) is 0 Å². The summed E-state index contributed by atoms with van der Waals surface area (Å²) in [6, 6.07) is 9.41. The van der Waals surface area contributed by atoms with Crippen molar-refractivity contribution in [3.8, 4) is 11.1 Å². The van der Waals surface area contributed by atoms with Crippen molar-refractivity contribution in [2.24, 2.45) is 28.7 Å².